The lowest BCUT2D eigenvalue weighted by molar-refractivity contribution is -0.140. The van der Waals surface area contributed by atoms with Crippen molar-refractivity contribution < 1.29 is 22.7 Å². The molecule has 4 aromatic rings. The van der Waals surface area contributed by atoms with Crippen molar-refractivity contribution in [1.82, 2.24) is 10.2 Å². The number of sulfonamides is 1. The van der Waals surface area contributed by atoms with Gasteiger partial charge in [0.15, 0.2) is 0 Å². The molecule has 0 fully saturated rings. The second-order valence-corrected chi connectivity index (χ2v) is 12.2. The van der Waals surface area contributed by atoms with Crippen LogP contribution in [0.4, 0.5) is 5.69 Å². The van der Waals surface area contributed by atoms with E-state index in [4.69, 9.17) is 27.9 Å². The molecule has 1 N–H and O–H groups in total. The molecular formula is C32H31Cl2N3O5S. The third kappa shape index (κ3) is 7.87. The average Bonchev–Trinajstić information content (AvgIpc) is 3.02. The van der Waals surface area contributed by atoms with Crippen LogP contribution in [-0.2, 0) is 26.2 Å². The molecule has 0 heterocycles. The molecule has 0 aliphatic rings. The first-order valence-corrected chi connectivity index (χ1v) is 15.7. The summed E-state index contributed by atoms with van der Waals surface area (Å²) in [6.45, 7) is 1.16. The second kappa shape index (κ2) is 14.4. The number of benzene rings is 4. The molecule has 0 saturated heterocycles. The normalized spacial score (nSPS) is 11.8. The number of rotatable bonds is 12. The summed E-state index contributed by atoms with van der Waals surface area (Å²) >= 11 is 12.5. The second-order valence-electron chi connectivity index (χ2n) is 9.53. The van der Waals surface area contributed by atoms with Crippen molar-refractivity contribution in [3.8, 4) is 11.5 Å². The summed E-state index contributed by atoms with van der Waals surface area (Å²) in [7, 11) is -2.72. The highest BCUT2D eigenvalue weighted by Crippen LogP contribution is 2.29. The molecule has 0 radical (unpaired) electrons. The number of halogens is 2. The monoisotopic (exact) mass is 639 g/mol. The minimum Gasteiger partial charge on any atom is -0.457 e. The van der Waals surface area contributed by atoms with E-state index in [-0.39, 0.29) is 29.5 Å². The predicted molar refractivity (Wildman–Crippen MR) is 169 cm³/mol. The number of amides is 2. The lowest BCUT2D eigenvalue weighted by atomic mass is 10.1. The van der Waals surface area contributed by atoms with Gasteiger partial charge in [0.2, 0.25) is 11.8 Å². The molecule has 0 saturated carbocycles. The van der Waals surface area contributed by atoms with Crippen LogP contribution in [0.3, 0.4) is 0 Å². The minimum absolute atomic E-state index is 0.0121. The number of nitrogens with one attached hydrogen (secondary N) is 1. The largest absolute Gasteiger partial charge is 0.457 e. The highest BCUT2D eigenvalue weighted by atomic mass is 35.5. The van der Waals surface area contributed by atoms with Crippen molar-refractivity contribution in [3.63, 3.8) is 0 Å². The van der Waals surface area contributed by atoms with E-state index in [1.807, 2.05) is 18.2 Å². The molecule has 4 aromatic carbocycles. The van der Waals surface area contributed by atoms with Crippen LogP contribution in [0.2, 0.25) is 10.0 Å². The molecule has 1 atom stereocenters. The first-order valence-electron chi connectivity index (χ1n) is 13.5. The number of nitrogens with zero attached hydrogens (tertiary/aromatic N) is 2. The van der Waals surface area contributed by atoms with Gasteiger partial charge in [-0.15, -0.1) is 0 Å². The Bertz CT molecular complexity index is 1650. The molecule has 0 bridgehead atoms. The van der Waals surface area contributed by atoms with E-state index in [1.165, 1.54) is 24.1 Å². The van der Waals surface area contributed by atoms with E-state index in [1.54, 1.807) is 79.7 Å². The van der Waals surface area contributed by atoms with Crippen LogP contribution in [-0.4, -0.2) is 44.8 Å². The number of hydrogen-bond donors (Lipinski definition) is 1. The molecule has 0 aromatic heterocycles. The van der Waals surface area contributed by atoms with Crippen LogP contribution in [0.15, 0.2) is 108 Å². The van der Waals surface area contributed by atoms with Gasteiger partial charge in [0.1, 0.15) is 24.1 Å². The summed E-state index contributed by atoms with van der Waals surface area (Å²) in [5.74, 6) is 0.130. The van der Waals surface area contributed by atoms with E-state index < -0.39 is 28.5 Å². The number of carbonyl (C=O) groups is 2. The van der Waals surface area contributed by atoms with E-state index in [9.17, 15) is 18.0 Å². The molecular weight excluding hydrogens is 609 g/mol. The number of para-hydroxylation sites is 1. The molecule has 0 spiro atoms. The van der Waals surface area contributed by atoms with Crippen molar-refractivity contribution in [2.24, 2.45) is 0 Å². The molecule has 2 amide bonds. The maximum absolute atomic E-state index is 14.1. The van der Waals surface area contributed by atoms with Gasteiger partial charge in [-0.3, -0.25) is 13.9 Å². The van der Waals surface area contributed by atoms with Gasteiger partial charge in [-0.1, -0.05) is 72.6 Å². The third-order valence-electron chi connectivity index (χ3n) is 6.70. The Balaban J connectivity index is 1.72. The quantitative estimate of drug-likeness (QED) is 0.190. The molecule has 4 rings (SSSR count). The number of anilines is 1. The smallest absolute Gasteiger partial charge is 0.264 e. The standard InChI is InChI=1S/C32H31Cl2N3O5S/c1-3-30(32(39)35-2)36(21-23-14-15-24(33)20-29(23)34)31(38)22-37(43(40,41)28-12-8-5-9-13-28)25-16-18-27(19-17-25)42-26-10-6-4-7-11-26/h4-20,30H,3,21-22H2,1-2H3,(H,35,39)/t30-/m0/s1. The Hall–Kier alpha value is -4.05. The maximum atomic E-state index is 14.1. The summed E-state index contributed by atoms with van der Waals surface area (Å²) in [6.07, 6.45) is 0.285. The van der Waals surface area contributed by atoms with E-state index in [0.29, 0.717) is 27.1 Å². The summed E-state index contributed by atoms with van der Waals surface area (Å²) < 4.78 is 34.8. The zero-order chi connectivity index (χ0) is 31.0. The van der Waals surface area contributed by atoms with E-state index in [0.717, 1.165) is 4.31 Å². The Morgan fingerprint density at radius 3 is 2.05 bits per heavy atom. The molecule has 0 aliphatic carbocycles. The highest BCUT2D eigenvalue weighted by molar-refractivity contribution is 7.92. The van der Waals surface area contributed by atoms with Crippen molar-refractivity contribution in [2.45, 2.75) is 30.8 Å². The number of likely N-dealkylation sites (N-methyl/N-ethyl adjacent to an activating group) is 1. The van der Waals surface area contributed by atoms with Crippen LogP contribution in [0.25, 0.3) is 0 Å². The summed E-state index contributed by atoms with van der Waals surface area (Å²) in [5.41, 5.74) is 0.803. The fourth-order valence-corrected chi connectivity index (χ4v) is 6.38. The Kier molecular flexibility index (Phi) is 10.7. The molecule has 0 unspecified atom stereocenters. The van der Waals surface area contributed by atoms with Crippen LogP contribution in [0.5, 0.6) is 11.5 Å². The molecule has 43 heavy (non-hydrogen) atoms. The van der Waals surface area contributed by atoms with Gasteiger partial charge in [0, 0.05) is 23.6 Å². The Labute approximate surface area is 261 Å². The number of ether oxygens (including phenoxy) is 1. The number of carbonyl (C=O) groups excluding carboxylic acids is 2. The fourth-order valence-electron chi connectivity index (χ4n) is 4.47. The van der Waals surface area contributed by atoms with Gasteiger partial charge in [0.05, 0.1) is 10.6 Å². The SMILES string of the molecule is CC[C@@H](C(=O)NC)N(Cc1ccc(Cl)cc1Cl)C(=O)CN(c1ccc(Oc2ccccc2)cc1)S(=O)(=O)c1ccccc1. The molecule has 224 valence electrons. The number of hydrogen-bond acceptors (Lipinski definition) is 5. The summed E-state index contributed by atoms with van der Waals surface area (Å²) in [6, 6.07) is 27.4. The van der Waals surface area contributed by atoms with Gasteiger partial charge in [-0.05, 0) is 72.6 Å². The van der Waals surface area contributed by atoms with Gasteiger partial charge in [0.25, 0.3) is 10.0 Å². The maximum Gasteiger partial charge on any atom is 0.264 e. The van der Waals surface area contributed by atoms with Crippen LogP contribution < -0.4 is 14.4 Å². The van der Waals surface area contributed by atoms with Gasteiger partial charge in [-0.2, -0.15) is 0 Å². The minimum atomic E-state index is -4.20. The van der Waals surface area contributed by atoms with E-state index in [2.05, 4.69) is 5.32 Å². The van der Waals surface area contributed by atoms with Crippen molar-refractivity contribution in [1.29, 1.82) is 0 Å². The predicted octanol–water partition coefficient (Wildman–Crippen LogP) is 6.53. The summed E-state index contributed by atoms with van der Waals surface area (Å²) in [4.78, 5) is 28.3. The summed E-state index contributed by atoms with van der Waals surface area (Å²) in [5, 5.41) is 3.34. The first-order chi connectivity index (χ1) is 20.6. The first kappa shape index (κ1) is 31.9. The van der Waals surface area contributed by atoms with Crippen molar-refractivity contribution in [3.05, 3.63) is 119 Å². The van der Waals surface area contributed by atoms with Crippen molar-refractivity contribution >= 4 is 50.7 Å². The van der Waals surface area contributed by atoms with Gasteiger partial charge < -0.3 is 15.0 Å². The van der Waals surface area contributed by atoms with Crippen LogP contribution >= 0.6 is 23.2 Å². The van der Waals surface area contributed by atoms with Gasteiger partial charge in [-0.25, -0.2) is 8.42 Å². The fraction of sp³-hybridized carbons (Fsp3) is 0.188. The van der Waals surface area contributed by atoms with Gasteiger partial charge >= 0.3 is 0 Å². The lowest BCUT2D eigenvalue weighted by Crippen LogP contribution is -2.51. The molecule has 11 heteroatoms. The van der Waals surface area contributed by atoms with E-state index >= 15 is 0 Å². The van der Waals surface area contributed by atoms with Crippen LogP contribution in [0.1, 0.15) is 18.9 Å². The van der Waals surface area contributed by atoms with Crippen LogP contribution in [0, 0.1) is 0 Å². The zero-order valence-corrected chi connectivity index (χ0v) is 25.9. The zero-order valence-electron chi connectivity index (χ0n) is 23.6. The Morgan fingerprint density at radius 2 is 1.47 bits per heavy atom. The molecule has 0 aliphatic heterocycles. The Morgan fingerprint density at radius 1 is 0.860 bits per heavy atom. The molecule has 8 nitrogen and oxygen atoms in total. The average molecular weight is 641 g/mol. The topological polar surface area (TPSA) is 96.0 Å². The van der Waals surface area contributed by atoms with Crippen molar-refractivity contribution in [2.75, 3.05) is 17.9 Å². The lowest BCUT2D eigenvalue weighted by Gasteiger charge is -2.33. The third-order valence-corrected chi connectivity index (χ3v) is 9.08. The highest BCUT2D eigenvalue weighted by Gasteiger charge is 2.33.